The molecule has 0 aromatic carbocycles. The maximum absolute atomic E-state index is 5.51. The van der Waals surface area contributed by atoms with Gasteiger partial charge in [-0.1, -0.05) is 13.8 Å². The van der Waals surface area contributed by atoms with Crippen LogP contribution in [0.2, 0.25) is 0 Å². The molecular weight excluding hydrogens is 156 g/mol. The second kappa shape index (κ2) is 3.62. The molecule has 0 atom stereocenters. The maximum Gasteiger partial charge on any atom is 0.124 e. The molecule has 0 saturated carbocycles. The second-order valence-corrected chi connectivity index (χ2v) is 4.23. The van der Waals surface area contributed by atoms with Gasteiger partial charge in [-0.25, -0.2) is 4.98 Å². The normalized spacial score (nSPS) is 10.5. The van der Waals surface area contributed by atoms with Crippen molar-refractivity contribution in [3.8, 4) is 0 Å². The molecule has 2 N–H and O–H groups in total. The smallest absolute Gasteiger partial charge is 0.124 e. The molecule has 0 aliphatic carbocycles. The van der Waals surface area contributed by atoms with Gasteiger partial charge in [-0.05, 0) is 12.1 Å². The van der Waals surface area contributed by atoms with Crippen LogP contribution in [-0.2, 0) is 0 Å². The van der Waals surface area contributed by atoms with Crippen molar-refractivity contribution in [1.29, 1.82) is 0 Å². The molecule has 1 heterocycles. The number of aromatic nitrogens is 1. The Labute approximate surface area is 71.2 Å². The lowest BCUT2D eigenvalue weighted by molar-refractivity contribution is 1.11. The fraction of sp³-hybridized carbons (Fsp3) is 0.375. The van der Waals surface area contributed by atoms with Gasteiger partial charge in [-0.3, -0.25) is 0 Å². The molecule has 1 aromatic heterocycles. The second-order valence-electron chi connectivity index (χ2n) is 2.58. The van der Waals surface area contributed by atoms with E-state index in [1.165, 1.54) is 4.90 Å². The van der Waals surface area contributed by atoms with Crippen LogP contribution in [0.1, 0.15) is 13.8 Å². The van der Waals surface area contributed by atoms with Gasteiger partial charge in [0, 0.05) is 16.3 Å². The fourth-order valence-electron chi connectivity index (χ4n) is 0.773. The van der Waals surface area contributed by atoms with Gasteiger partial charge in [0.15, 0.2) is 0 Å². The van der Waals surface area contributed by atoms with E-state index in [0.29, 0.717) is 11.1 Å². The van der Waals surface area contributed by atoms with Gasteiger partial charge in [0.25, 0.3) is 0 Å². The highest BCUT2D eigenvalue weighted by Crippen LogP contribution is 2.22. The number of nitrogens with zero attached hydrogens (tertiary/aromatic N) is 1. The van der Waals surface area contributed by atoms with Crippen LogP contribution in [-0.4, -0.2) is 10.2 Å². The first kappa shape index (κ1) is 8.40. The number of nitrogen functional groups attached to an aromatic ring is 1. The molecule has 0 spiro atoms. The van der Waals surface area contributed by atoms with Crippen LogP contribution < -0.4 is 5.73 Å². The summed E-state index contributed by atoms with van der Waals surface area (Å²) in [7, 11) is 0. The lowest BCUT2D eigenvalue weighted by Gasteiger charge is -2.03. The van der Waals surface area contributed by atoms with Crippen molar-refractivity contribution in [3.63, 3.8) is 0 Å². The number of rotatable bonds is 2. The Morgan fingerprint density at radius 3 is 2.82 bits per heavy atom. The summed E-state index contributed by atoms with van der Waals surface area (Å²) in [5, 5.41) is 0.594. The quantitative estimate of drug-likeness (QED) is 0.688. The van der Waals surface area contributed by atoms with Crippen molar-refractivity contribution in [2.45, 2.75) is 24.0 Å². The third kappa shape index (κ3) is 2.80. The summed E-state index contributed by atoms with van der Waals surface area (Å²) >= 11 is 1.79. The molecular formula is C8H12N2S. The first-order valence-electron chi connectivity index (χ1n) is 3.56. The van der Waals surface area contributed by atoms with Gasteiger partial charge in [-0.15, -0.1) is 11.8 Å². The SMILES string of the molecule is CC(C)Sc1ccnc(N)c1. The minimum Gasteiger partial charge on any atom is -0.384 e. The first-order valence-corrected chi connectivity index (χ1v) is 4.44. The molecule has 2 nitrogen and oxygen atoms in total. The maximum atomic E-state index is 5.51. The van der Waals surface area contributed by atoms with E-state index in [-0.39, 0.29) is 0 Å². The summed E-state index contributed by atoms with van der Waals surface area (Å²) in [5.74, 6) is 0.593. The van der Waals surface area contributed by atoms with Crippen LogP contribution in [0.3, 0.4) is 0 Å². The van der Waals surface area contributed by atoms with Crippen LogP contribution in [0.15, 0.2) is 23.2 Å². The van der Waals surface area contributed by atoms with Crippen molar-refractivity contribution >= 4 is 17.6 Å². The zero-order valence-corrected chi connectivity index (χ0v) is 7.56. The summed E-state index contributed by atoms with van der Waals surface area (Å²) in [6, 6.07) is 3.87. The van der Waals surface area contributed by atoms with Crippen molar-refractivity contribution in [2.24, 2.45) is 0 Å². The monoisotopic (exact) mass is 168 g/mol. The Morgan fingerprint density at radius 2 is 2.27 bits per heavy atom. The summed E-state index contributed by atoms with van der Waals surface area (Å²) in [6.07, 6.45) is 1.74. The van der Waals surface area contributed by atoms with Gasteiger partial charge in [0.2, 0.25) is 0 Å². The van der Waals surface area contributed by atoms with Crippen molar-refractivity contribution in [1.82, 2.24) is 4.98 Å². The van der Waals surface area contributed by atoms with Crippen LogP contribution in [0.4, 0.5) is 5.82 Å². The van der Waals surface area contributed by atoms with Crippen molar-refractivity contribution in [3.05, 3.63) is 18.3 Å². The van der Waals surface area contributed by atoms with E-state index in [4.69, 9.17) is 5.73 Å². The van der Waals surface area contributed by atoms with E-state index in [2.05, 4.69) is 18.8 Å². The Morgan fingerprint density at radius 1 is 1.55 bits per heavy atom. The van der Waals surface area contributed by atoms with E-state index < -0.39 is 0 Å². The number of hydrogen-bond donors (Lipinski definition) is 1. The van der Waals surface area contributed by atoms with Gasteiger partial charge in [-0.2, -0.15) is 0 Å². The highest BCUT2D eigenvalue weighted by atomic mass is 32.2. The Hall–Kier alpha value is -0.700. The fourth-order valence-corrected chi connectivity index (χ4v) is 1.65. The van der Waals surface area contributed by atoms with Crippen molar-refractivity contribution in [2.75, 3.05) is 5.73 Å². The molecule has 0 saturated heterocycles. The van der Waals surface area contributed by atoms with E-state index in [0.717, 1.165) is 0 Å². The van der Waals surface area contributed by atoms with Gasteiger partial charge >= 0.3 is 0 Å². The first-order chi connectivity index (χ1) is 5.18. The Balaban J connectivity index is 2.71. The predicted molar refractivity (Wildman–Crippen MR) is 49.6 cm³/mol. The minimum atomic E-state index is 0.593. The standard InChI is InChI=1S/C8H12N2S/c1-6(2)11-7-3-4-10-8(9)5-7/h3-6H,1-2H3,(H2,9,10). The van der Waals surface area contributed by atoms with Crippen LogP contribution >= 0.6 is 11.8 Å². The lowest BCUT2D eigenvalue weighted by Crippen LogP contribution is -1.90. The topological polar surface area (TPSA) is 38.9 Å². The molecule has 0 amide bonds. The minimum absolute atomic E-state index is 0.593. The number of nitrogens with two attached hydrogens (primary N) is 1. The summed E-state index contributed by atoms with van der Waals surface area (Å²) < 4.78 is 0. The summed E-state index contributed by atoms with van der Waals surface area (Å²) in [6.45, 7) is 4.31. The molecule has 3 heteroatoms. The van der Waals surface area contributed by atoms with Gasteiger partial charge in [0.05, 0.1) is 0 Å². The third-order valence-corrected chi connectivity index (χ3v) is 2.12. The average Bonchev–Trinajstić information content (AvgIpc) is 1.85. The highest BCUT2D eigenvalue weighted by molar-refractivity contribution is 7.99. The third-order valence-electron chi connectivity index (χ3n) is 1.12. The van der Waals surface area contributed by atoms with Crippen LogP contribution in [0.25, 0.3) is 0 Å². The van der Waals surface area contributed by atoms with E-state index in [1.807, 2.05) is 12.1 Å². The molecule has 0 fully saturated rings. The zero-order chi connectivity index (χ0) is 8.27. The Kier molecular flexibility index (Phi) is 2.76. The highest BCUT2D eigenvalue weighted by Gasteiger charge is 1.97. The molecule has 0 aliphatic rings. The summed E-state index contributed by atoms with van der Waals surface area (Å²) in [5.41, 5.74) is 5.51. The molecule has 11 heavy (non-hydrogen) atoms. The molecule has 1 aromatic rings. The summed E-state index contributed by atoms with van der Waals surface area (Å²) in [4.78, 5) is 5.10. The van der Waals surface area contributed by atoms with E-state index in [9.17, 15) is 0 Å². The molecule has 0 unspecified atom stereocenters. The number of thioether (sulfide) groups is 1. The molecule has 0 radical (unpaired) electrons. The zero-order valence-electron chi connectivity index (χ0n) is 6.74. The number of anilines is 1. The lowest BCUT2D eigenvalue weighted by atomic mass is 10.5. The number of hydrogen-bond acceptors (Lipinski definition) is 3. The number of pyridine rings is 1. The molecule has 0 bridgehead atoms. The van der Waals surface area contributed by atoms with Crippen LogP contribution in [0.5, 0.6) is 0 Å². The largest absolute Gasteiger partial charge is 0.384 e. The molecule has 60 valence electrons. The molecule has 1 rings (SSSR count). The van der Waals surface area contributed by atoms with E-state index in [1.54, 1.807) is 18.0 Å². The van der Waals surface area contributed by atoms with E-state index >= 15 is 0 Å². The van der Waals surface area contributed by atoms with Gasteiger partial charge < -0.3 is 5.73 Å². The Bertz CT molecular complexity index is 235. The average molecular weight is 168 g/mol. The molecule has 0 aliphatic heterocycles. The van der Waals surface area contributed by atoms with Crippen LogP contribution in [0, 0.1) is 0 Å². The van der Waals surface area contributed by atoms with Gasteiger partial charge in [0.1, 0.15) is 5.82 Å². The van der Waals surface area contributed by atoms with Crippen molar-refractivity contribution < 1.29 is 0 Å². The predicted octanol–water partition coefficient (Wildman–Crippen LogP) is 2.16.